The molecule has 0 aliphatic heterocycles. The zero-order chi connectivity index (χ0) is 23.8. The summed E-state index contributed by atoms with van der Waals surface area (Å²) >= 11 is 0. The van der Waals surface area contributed by atoms with Gasteiger partial charge in [-0.05, 0) is 69.9 Å². The molecule has 0 atom stereocenters. The first-order valence-electron chi connectivity index (χ1n) is 10.8. The van der Waals surface area contributed by atoms with Crippen molar-refractivity contribution < 1.29 is 17.6 Å². The lowest BCUT2D eigenvalue weighted by Gasteiger charge is -2.14. The van der Waals surface area contributed by atoms with Crippen LogP contribution in [0.1, 0.15) is 57.0 Å². The average Bonchev–Trinajstić information content (AvgIpc) is 3.12. The van der Waals surface area contributed by atoms with Crippen molar-refractivity contribution in [2.75, 3.05) is 5.32 Å². The average molecular weight is 466 g/mol. The van der Waals surface area contributed by atoms with Crippen LogP contribution in [0.15, 0.2) is 56.9 Å². The van der Waals surface area contributed by atoms with Gasteiger partial charge in [0.05, 0.1) is 10.6 Å². The topological polar surface area (TPSA) is 101 Å². The fourth-order valence-electron chi connectivity index (χ4n) is 3.93. The predicted molar refractivity (Wildman–Crippen MR) is 128 cm³/mol. The van der Waals surface area contributed by atoms with E-state index in [9.17, 15) is 13.2 Å². The van der Waals surface area contributed by atoms with Crippen LogP contribution in [0.2, 0.25) is 0 Å². The molecule has 1 heterocycles. The molecule has 2 N–H and O–H groups in total. The summed E-state index contributed by atoms with van der Waals surface area (Å²) in [5, 5.41) is 7.16. The Hall–Kier alpha value is -3.39. The molecule has 0 fully saturated rings. The van der Waals surface area contributed by atoms with Gasteiger partial charge in [-0.1, -0.05) is 29.8 Å². The summed E-state index contributed by atoms with van der Waals surface area (Å²) in [6.07, 6.45) is 2.00. The number of carbonyl (C=O) groups is 1. The summed E-state index contributed by atoms with van der Waals surface area (Å²) in [7, 11) is -3.80. The lowest BCUT2D eigenvalue weighted by Crippen LogP contribution is -2.22. The van der Waals surface area contributed by atoms with Crippen LogP contribution in [0, 0.1) is 27.7 Å². The maximum Gasteiger partial charge on any atom is 0.291 e. The molecule has 3 aromatic rings. The van der Waals surface area contributed by atoms with Gasteiger partial charge >= 0.3 is 0 Å². The van der Waals surface area contributed by atoms with E-state index < -0.39 is 10.0 Å². The number of sulfonamides is 1. The number of hydrazone groups is 1. The Balaban J connectivity index is 1.61. The van der Waals surface area contributed by atoms with E-state index in [1.165, 1.54) is 0 Å². The van der Waals surface area contributed by atoms with Crippen molar-refractivity contribution in [3.05, 3.63) is 81.8 Å². The highest BCUT2D eigenvalue weighted by Gasteiger charge is 2.28. The number of nitrogens with one attached hydrogen (secondary N) is 2. The number of benzene rings is 2. The number of rotatable bonds is 5. The summed E-state index contributed by atoms with van der Waals surface area (Å²) in [5.74, 6) is 0.533. The third-order valence-corrected chi connectivity index (χ3v) is 7.03. The molecule has 0 bridgehead atoms. The van der Waals surface area contributed by atoms with Gasteiger partial charge in [0.25, 0.3) is 15.9 Å². The number of amides is 1. The number of hydrogen-bond acceptors (Lipinski definition) is 5. The highest BCUT2D eigenvalue weighted by Crippen LogP contribution is 2.31. The van der Waals surface area contributed by atoms with Crippen molar-refractivity contribution in [3.8, 4) is 0 Å². The summed E-state index contributed by atoms with van der Waals surface area (Å²) in [4.78, 5) is 15.5. The number of fused-ring (bicyclic) bond motifs is 1. The maximum atomic E-state index is 13.0. The lowest BCUT2D eigenvalue weighted by molar-refractivity contribution is 0.0994. The minimum Gasteiger partial charge on any atom is -0.455 e. The highest BCUT2D eigenvalue weighted by atomic mass is 32.2. The van der Waals surface area contributed by atoms with Gasteiger partial charge in [-0.15, -0.1) is 0 Å². The number of hydrogen-bond donors (Lipinski definition) is 2. The summed E-state index contributed by atoms with van der Waals surface area (Å²) in [6, 6.07) is 12.4. The van der Waals surface area contributed by atoms with Gasteiger partial charge in [-0.2, -0.15) is 18.4 Å². The van der Waals surface area contributed by atoms with E-state index in [1.807, 2.05) is 39.0 Å². The first-order chi connectivity index (χ1) is 15.7. The van der Waals surface area contributed by atoms with E-state index in [-0.39, 0.29) is 16.6 Å². The second-order valence-corrected chi connectivity index (χ2v) is 10.1. The van der Waals surface area contributed by atoms with E-state index in [2.05, 4.69) is 15.2 Å². The number of furan rings is 1. The Morgan fingerprint density at radius 3 is 2.39 bits per heavy atom. The Labute approximate surface area is 194 Å². The summed E-state index contributed by atoms with van der Waals surface area (Å²) in [6.45, 7) is 7.59. The van der Waals surface area contributed by atoms with E-state index in [0.29, 0.717) is 35.4 Å². The van der Waals surface area contributed by atoms with Gasteiger partial charge in [-0.25, -0.2) is 0 Å². The molecule has 4 rings (SSSR count). The number of aryl methyl sites for hydroxylation is 4. The summed E-state index contributed by atoms with van der Waals surface area (Å²) < 4.78 is 31.2. The van der Waals surface area contributed by atoms with E-state index in [4.69, 9.17) is 4.42 Å². The molecular formula is C25H27N3O4S. The Morgan fingerprint density at radius 2 is 1.67 bits per heavy atom. The van der Waals surface area contributed by atoms with Crippen LogP contribution >= 0.6 is 0 Å². The molecule has 8 heteroatoms. The third-order valence-electron chi connectivity index (χ3n) is 5.81. The standard InChI is InChI=1S/C25H27N3O4S/c1-15-9-12-19(13-10-15)33(30,31)28-27-20-6-5-7-22-23(20)18(4)24(32-22)25(29)26-21-14-16(2)8-11-17(21)3/h8-14,28H,5-7H2,1-4H3,(H,26,29)/b27-20+. The molecule has 1 aliphatic rings. The summed E-state index contributed by atoms with van der Waals surface area (Å²) in [5.41, 5.74) is 5.63. The lowest BCUT2D eigenvalue weighted by atomic mass is 9.93. The van der Waals surface area contributed by atoms with Crippen molar-refractivity contribution in [1.82, 2.24) is 4.83 Å². The third kappa shape index (κ3) is 4.71. The minimum absolute atomic E-state index is 0.144. The molecule has 0 saturated heterocycles. The second kappa shape index (κ2) is 8.86. The first-order valence-corrected chi connectivity index (χ1v) is 12.3. The molecule has 7 nitrogen and oxygen atoms in total. The predicted octanol–water partition coefficient (Wildman–Crippen LogP) is 4.78. The fraction of sp³-hybridized carbons (Fsp3) is 0.280. The molecule has 1 aliphatic carbocycles. The van der Waals surface area contributed by atoms with Gasteiger partial charge < -0.3 is 9.73 Å². The second-order valence-electron chi connectivity index (χ2n) is 8.45. The smallest absolute Gasteiger partial charge is 0.291 e. The number of carbonyl (C=O) groups excluding carboxylic acids is 1. The van der Waals surface area contributed by atoms with E-state index in [0.717, 1.165) is 28.8 Å². The van der Waals surface area contributed by atoms with Gasteiger partial charge in [0, 0.05) is 23.2 Å². The van der Waals surface area contributed by atoms with E-state index in [1.54, 1.807) is 31.2 Å². The molecule has 0 radical (unpaired) electrons. The van der Waals surface area contributed by atoms with Crippen molar-refractivity contribution >= 4 is 27.3 Å². The Kier molecular flexibility index (Phi) is 6.12. The van der Waals surface area contributed by atoms with Gasteiger partial charge in [0.15, 0.2) is 5.76 Å². The van der Waals surface area contributed by atoms with Gasteiger partial charge in [0.1, 0.15) is 5.76 Å². The normalized spacial score (nSPS) is 14.7. The van der Waals surface area contributed by atoms with Gasteiger partial charge in [0.2, 0.25) is 0 Å². The maximum absolute atomic E-state index is 13.0. The van der Waals surface area contributed by atoms with E-state index >= 15 is 0 Å². The van der Waals surface area contributed by atoms with Crippen LogP contribution in [0.4, 0.5) is 5.69 Å². The molecule has 0 spiro atoms. The molecule has 172 valence electrons. The number of nitrogens with zero attached hydrogens (tertiary/aromatic N) is 1. The first kappa shape index (κ1) is 22.8. The minimum atomic E-state index is -3.80. The fourth-order valence-corrected chi connectivity index (χ4v) is 4.76. The monoisotopic (exact) mass is 465 g/mol. The van der Waals surface area contributed by atoms with Crippen molar-refractivity contribution in [2.24, 2.45) is 5.10 Å². The molecule has 1 amide bonds. The van der Waals surface area contributed by atoms with Crippen LogP contribution < -0.4 is 10.1 Å². The zero-order valence-corrected chi connectivity index (χ0v) is 20.0. The van der Waals surface area contributed by atoms with Gasteiger partial charge in [-0.3, -0.25) is 4.79 Å². The molecule has 1 aromatic heterocycles. The van der Waals surface area contributed by atoms with Crippen LogP contribution in [-0.4, -0.2) is 20.0 Å². The number of anilines is 1. The van der Waals surface area contributed by atoms with Crippen molar-refractivity contribution in [2.45, 2.75) is 51.9 Å². The van der Waals surface area contributed by atoms with Crippen LogP contribution in [-0.2, 0) is 16.4 Å². The molecule has 2 aromatic carbocycles. The van der Waals surface area contributed by atoms with Crippen molar-refractivity contribution in [1.29, 1.82) is 0 Å². The largest absolute Gasteiger partial charge is 0.455 e. The van der Waals surface area contributed by atoms with Crippen molar-refractivity contribution in [3.63, 3.8) is 0 Å². The Bertz CT molecular complexity index is 1350. The SMILES string of the molecule is Cc1ccc(S(=O)(=O)N/N=C2\CCCc3oc(C(=O)Nc4cc(C)ccc4C)c(C)c32)cc1. The molecular weight excluding hydrogens is 438 g/mol. The molecule has 33 heavy (non-hydrogen) atoms. The van der Waals surface area contributed by atoms with Crippen LogP contribution in [0.3, 0.4) is 0 Å². The van der Waals surface area contributed by atoms with Crippen LogP contribution in [0.5, 0.6) is 0 Å². The quantitative estimate of drug-likeness (QED) is 0.529. The molecule has 0 saturated carbocycles. The Morgan fingerprint density at radius 1 is 0.970 bits per heavy atom. The van der Waals surface area contributed by atoms with Crippen LogP contribution in [0.25, 0.3) is 0 Å². The zero-order valence-electron chi connectivity index (χ0n) is 19.2. The molecule has 0 unspecified atom stereocenters. The highest BCUT2D eigenvalue weighted by molar-refractivity contribution is 7.89.